The second-order valence-corrected chi connectivity index (χ2v) is 12.8. The van der Waals surface area contributed by atoms with Crippen molar-refractivity contribution in [2.24, 2.45) is 0 Å². The molecule has 0 fully saturated rings. The number of hydrogen-bond donors (Lipinski definition) is 0. The first kappa shape index (κ1) is 27.7. The van der Waals surface area contributed by atoms with Crippen molar-refractivity contribution in [1.29, 1.82) is 0 Å². The molecule has 1 heterocycles. The third-order valence-electron chi connectivity index (χ3n) is 10.1. The molecule has 0 aliphatic carbocycles. The van der Waals surface area contributed by atoms with E-state index in [1.165, 1.54) is 71.3 Å². The van der Waals surface area contributed by atoms with E-state index in [9.17, 15) is 0 Å². The zero-order valence-corrected chi connectivity index (χ0v) is 26.7. The lowest BCUT2D eigenvalue weighted by Gasteiger charge is -2.21. The van der Waals surface area contributed by atoms with Crippen LogP contribution in [-0.4, -0.2) is 0 Å². The SMILES string of the molecule is c1ccc(-c2cccc3c(-c4ccccc4)c(-c4c5ccccc5c(-c5ccc6c(c5)oc5ccccc56)c5ccccc45)ccc23)cc1. The standard InChI is InChI=1S/C48H30O/c1-3-14-31(15-4-1)34-23-13-24-38-35(34)28-29-43(46(38)32-16-5-2-6-17-32)48-41-21-9-7-19-39(41)47(40-20-8-10-22-42(40)48)33-26-27-37-36-18-11-12-25-44(36)49-45(37)30-33/h1-30H. The molecule has 0 saturated carbocycles. The highest BCUT2D eigenvalue weighted by atomic mass is 16.3. The van der Waals surface area contributed by atoms with E-state index in [0.717, 1.165) is 27.5 Å². The minimum atomic E-state index is 0.908. The smallest absolute Gasteiger partial charge is 0.136 e. The van der Waals surface area contributed by atoms with Crippen LogP contribution < -0.4 is 0 Å². The molecule has 0 unspecified atom stereocenters. The molecular formula is C48H30O. The van der Waals surface area contributed by atoms with E-state index >= 15 is 0 Å². The highest BCUT2D eigenvalue weighted by Gasteiger charge is 2.21. The molecule has 1 nitrogen and oxygen atoms in total. The summed E-state index contributed by atoms with van der Waals surface area (Å²) >= 11 is 0. The van der Waals surface area contributed by atoms with E-state index < -0.39 is 0 Å². The predicted molar refractivity (Wildman–Crippen MR) is 208 cm³/mol. The van der Waals surface area contributed by atoms with E-state index in [2.05, 4.69) is 170 Å². The molecule has 49 heavy (non-hydrogen) atoms. The van der Waals surface area contributed by atoms with Crippen LogP contribution in [0.2, 0.25) is 0 Å². The van der Waals surface area contributed by atoms with Crippen LogP contribution >= 0.6 is 0 Å². The third-order valence-corrected chi connectivity index (χ3v) is 10.1. The Hall–Kier alpha value is -6.44. The first-order valence-corrected chi connectivity index (χ1v) is 16.9. The van der Waals surface area contributed by atoms with Crippen molar-refractivity contribution in [2.75, 3.05) is 0 Å². The molecule has 0 saturated heterocycles. The van der Waals surface area contributed by atoms with Gasteiger partial charge in [0, 0.05) is 10.8 Å². The van der Waals surface area contributed by atoms with Crippen molar-refractivity contribution >= 4 is 54.3 Å². The third kappa shape index (κ3) is 4.33. The molecule has 0 amide bonds. The highest BCUT2D eigenvalue weighted by molar-refractivity contribution is 6.24. The molecule has 0 aliphatic heterocycles. The molecular weight excluding hydrogens is 593 g/mol. The van der Waals surface area contributed by atoms with Gasteiger partial charge in [-0.05, 0) is 95.0 Å². The monoisotopic (exact) mass is 622 g/mol. The molecule has 0 atom stereocenters. The fraction of sp³-hybridized carbons (Fsp3) is 0. The van der Waals surface area contributed by atoms with Gasteiger partial charge in [0.2, 0.25) is 0 Å². The van der Waals surface area contributed by atoms with Gasteiger partial charge in [-0.3, -0.25) is 0 Å². The van der Waals surface area contributed by atoms with E-state index in [-0.39, 0.29) is 0 Å². The zero-order valence-electron chi connectivity index (χ0n) is 26.7. The number of para-hydroxylation sites is 1. The minimum absolute atomic E-state index is 0.908. The average Bonchev–Trinajstić information content (AvgIpc) is 3.55. The first-order valence-electron chi connectivity index (χ1n) is 16.9. The minimum Gasteiger partial charge on any atom is -0.456 e. The summed E-state index contributed by atoms with van der Waals surface area (Å²) in [4.78, 5) is 0. The fourth-order valence-corrected chi connectivity index (χ4v) is 7.96. The van der Waals surface area contributed by atoms with Crippen LogP contribution in [0.15, 0.2) is 186 Å². The van der Waals surface area contributed by atoms with Gasteiger partial charge in [0.25, 0.3) is 0 Å². The lowest BCUT2D eigenvalue weighted by molar-refractivity contribution is 0.669. The number of furan rings is 1. The van der Waals surface area contributed by atoms with Gasteiger partial charge in [0.1, 0.15) is 11.2 Å². The molecule has 228 valence electrons. The van der Waals surface area contributed by atoms with Gasteiger partial charge < -0.3 is 4.42 Å². The Balaban J connectivity index is 1.30. The van der Waals surface area contributed by atoms with Gasteiger partial charge in [0.15, 0.2) is 0 Å². The molecule has 9 aromatic carbocycles. The summed E-state index contributed by atoms with van der Waals surface area (Å²) < 4.78 is 6.38. The molecule has 1 aromatic heterocycles. The maximum absolute atomic E-state index is 6.38. The quantitative estimate of drug-likeness (QED) is 0.178. The maximum Gasteiger partial charge on any atom is 0.136 e. The molecule has 1 heteroatoms. The molecule has 0 radical (unpaired) electrons. The van der Waals surface area contributed by atoms with Gasteiger partial charge in [-0.2, -0.15) is 0 Å². The largest absolute Gasteiger partial charge is 0.456 e. The number of fused-ring (bicyclic) bond motifs is 6. The van der Waals surface area contributed by atoms with Crippen molar-refractivity contribution in [3.05, 3.63) is 182 Å². The Morgan fingerprint density at radius 3 is 1.45 bits per heavy atom. The molecule has 0 spiro atoms. The second-order valence-electron chi connectivity index (χ2n) is 12.8. The lowest BCUT2D eigenvalue weighted by Crippen LogP contribution is -1.94. The Bertz CT molecular complexity index is 2800. The molecule has 0 aliphatic rings. The van der Waals surface area contributed by atoms with E-state index in [1.54, 1.807) is 0 Å². The fourth-order valence-electron chi connectivity index (χ4n) is 7.96. The molecule has 0 N–H and O–H groups in total. The number of rotatable bonds is 4. The average molecular weight is 623 g/mol. The Morgan fingerprint density at radius 2 is 0.755 bits per heavy atom. The molecule has 10 rings (SSSR count). The van der Waals surface area contributed by atoms with Gasteiger partial charge in [-0.25, -0.2) is 0 Å². The normalized spacial score (nSPS) is 11.7. The van der Waals surface area contributed by atoms with Gasteiger partial charge >= 0.3 is 0 Å². The summed E-state index contributed by atoms with van der Waals surface area (Å²) in [6.45, 7) is 0. The van der Waals surface area contributed by atoms with Crippen LogP contribution in [0.5, 0.6) is 0 Å². The Labute approximate surface area is 284 Å². The number of hydrogen-bond acceptors (Lipinski definition) is 1. The summed E-state index contributed by atoms with van der Waals surface area (Å²) in [7, 11) is 0. The zero-order chi connectivity index (χ0) is 32.3. The summed E-state index contributed by atoms with van der Waals surface area (Å²) in [5.41, 5.74) is 11.6. The van der Waals surface area contributed by atoms with Gasteiger partial charge in [-0.1, -0.05) is 164 Å². The van der Waals surface area contributed by atoms with Gasteiger partial charge in [-0.15, -0.1) is 0 Å². The summed E-state index contributed by atoms with van der Waals surface area (Å²) in [6, 6.07) is 65.8. The summed E-state index contributed by atoms with van der Waals surface area (Å²) in [5.74, 6) is 0. The van der Waals surface area contributed by atoms with Crippen LogP contribution in [0.25, 0.3) is 98.8 Å². The Kier molecular flexibility index (Phi) is 6.25. The highest BCUT2D eigenvalue weighted by Crippen LogP contribution is 2.49. The molecule has 10 aromatic rings. The van der Waals surface area contributed by atoms with E-state index in [4.69, 9.17) is 4.42 Å². The topological polar surface area (TPSA) is 13.1 Å². The van der Waals surface area contributed by atoms with Crippen molar-refractivity contribution in [3.8, 4) is 44.5 Å². The van der Waals surface area contributed by atoms with Gasteiger partial charge in [0.05, 0.1) is 0 Å². The Morgan fingerprint density at radius 1 is 0.245 bits per heavy atom. The second kappa shape index (κ2) is 11.1. The van der Waals surface area contributed by atoms with Crippen molar-refractivity contribution in [2.45, 2.75) is 0 Å². The number of benzene rings is 9. The van der Waals surface area contributed by atoms with Crippen LogP contribution in [0.3, 0.4) is 0 Å². The van der Waals surface area contributed by atoms with Crippen molar-refractivity contribution < 1.29 is 4.42 Å². The summed E-state index contributed by atoms with van der Waals surface area (Å²) in [6.07, 6.45) is 0. The van der Waals surface area contributed by atoms with Crippen LogP contribution in [-0.2, 0) is 0 Å². The lowest BCUT2D eigenvalue weighted by atomic mass is 9.82. The van der Waals surface area contributed by atoms with E-state index in [0.29, 0.717) is 0 Å². The molecule has 0 bridgehead atoms. The van der Waals surface area contributed by atoms with E-state index in [1.807, 2.05) is 12.1 Å². The van der Waals surface area contributed by atoms with Crippen LogP contribution in [0.1, 0.15) is 0 Å². The van der Waals surface area contributed by atoms with Crippen molar-refractivity contribution in [1.82, 2.24) is 0 Å². The van der Waals surface area contributed by atoms with Crippen LogP contribution in [0, 0.1) is 0 Å². The summed E-state index contributed by atoms with van der Waals surface area (Å²) in [5, 5.41) is 9.71. The van der Waals surface area contributed by atoms with Crippen molar-refractivity contribution in [3.63, 3.8) is 0 Å². The predicted octanol–water partition coefficient (Wildman–Crippen LogP) is 13.7. The maximum atomic E-state index is 6.38. The first-order chi connectivity index (χ1) is 24.3. The van der Waals surface area contributed by atoms with Crippen LogP contribution in [0.4, 0.5) is 0 Å².